The van der Waals surface area contributed by atoms with E-state index in [2.05, 4.69) is 0 Å². The summed E-state index contributed by atoms with van der Waals surface area (Å²) in [6, 6.07) is 6.91. The van der Waals surface area contributed by atoms with E-state index in [4.69, 9.17) is 5.73 Å². The molecular formula is C17H10F2N2O3S. The van der Waals surface area contributed by atoms with Crippen molar-refractivity contribution in [3.8, 4) is 11.1 Å². The van der Waals surface area contributed by atoms with E-state index in [0.29, 0.717) is 5.69 Å². The van der Waals surface area contributed by atoms with Gasteiger partial charge in [0.1, 0.15) is 11.4 Å². The number of thioether (sulfide) groups is 1. The van der Waals surface area contributed by atoms with Gasteiger partial charge in [0, 0.05) is 5.69 Å². The number of aromatic nitrogens is 1. The van der Waals surface area contributed by atoms with Crippen molar-refractivity contribution in [1.82, 2.24) is 4.57 Å². The Balaban J connectivity index is 2.12. The number of carboxylic acid groups (broad SMARTS) is 1. The summed E-state index contributed by atoms with van der Waals surface area (Å²) >= 11 is 1.14. The lowest BCUT2D eigenvalue weighted by Gasteiger charge is -2.26. The van der Waals surface area contributed by atoms with E-state index in [-0.39, 0.29) is 32.9 Å². The minimum atomic E-state index is -1.41. The minimum absolute atomic E-state index is 0.0861. The number of halogens is 2. The molecule has 2 aromatic carbocycles. The Hall–Kier alpha value is -2.87. The average Bonchev–Trinajstić information content (AvgIpc) is 2.53. The number of benzene rings is 2. The largest absolute Gasteiger partial charge is 0.477 e. The number of nitrogens with two attached hydrogens (primary N) is 1. The molecule has 8 heteroatoms. The summed E-state index contributed by atoms with van der Waals surface area (Å²) in [4.78, 5) is 23.8. The Bertz CT molecular complexity index is 1120. The van der Waals surface area contributed by atoms with Crippen LogP contribution in [0.3, 0.4) is 0 Å². The van der Waals surface area contributed by atoms with Crippen LogP contribution < -0.4 is 11.2 Å². The van der Waals surface area contributed by atoms with Gasteiger partial charge in [0.05, 0.1) is 27.4 Å². The number of carboxylic acids is 1. The van der Waals surface area contributed by atoms with Gasteiger partial charge < -0.3 is 15.4 Å². The predicted octanol–water partition coefficient (Wildman–Crippen LogP) is 3.29. The second-order valence-electron chi connectivity index (χ2n) is 5.58. The Morgan fingerprint density at radius 2 is 1.92 bits per heavy atom. The molecule has 4 rings (SSSR count). The van der Waals surface area contributed by atoms with Crippen molar-refractivity contribution in [2.24, 2.45) is 0 Å². The van der Waals surface area contributed by atoms with Crippen LogP contribution in [0.25, 0.3) is 22.0 Å². The first-order valence-corrected chi connectivity index (χ1v) is 8.19. The number of rotatable bonds is 2. The van der Waals surface area contributed by atoms with Crippen molar-refractivity contribution >= 4 is 34.3 Å². The van der Waals surface area contributed by atoms with Gasteiger partial charge in [-0.05, 0) is 23.8 Å². The molecule has 0 fully saturated rings. The number of hydrogen-bond donors (Lipinski definition) is 2. The second kappa shape index (κ2) is 5.32. The topological polar surface area (TPSA) is 85.3 Å². The number of fused-ring (bicyclic) bond motifs is 3. The van der Waals surface area contributed by atoms with Crippen molar-refractivity contribution in [3.05, 3.63) is 57.8 Å². The van der Waals surface area contributed by atoms with Gasteiger partial charge in [-0.25, -0.2) is 13.6 Å². The number of carbonyl (C=O) groups is 1. The minimum Gasteiger partial charge on any atom is -0.477 e. The molecule has 0 spiro atoms. The zero-order valence-electron chi connectivity index (χ0n) is 12.5. The summed E-state index contributed by atoms with van der Waals surface area (Å²) in [6.07, 6.45) is 0. The van der Waals surface area contributed by atoms with Crippen LogP contribution in [0.4, 0.5) is 14.5 Å². The zero-order chi connectivity index (χ0) is 17.9. The fourth-order valence-electron chi connectivity index (χ4n) is 2.95. The first-order chi connectivity index (χ1) is 11.9. The molecule has 126 valence electrons. The van der Waals surface area contributed by atoms with Crippen molar-refractivity contribution in [1.29, 1.82) is 0 Å². The maximum atomic E-state index is 15.1. The van der Waals surface area contributed by atoms with Gasteiger partial charge in [-0.15, -0.1) is 0 Å². The molecule has 0 saturated heterocycles. The maximum Gasteiger partial charge on any atom is 0.342 e. The lowest BCUT2D eigenvalue weighted by molar-refractivity contribution is 0.0689. The molecule has 0 aliphatic carbocycles. The van der Waals surface area contributed by atoms with Crippen LogP contribution in [0.2, 0.25) is 0 Å². The number of aromatic carboxylic acids is 1. The molecule has 0 radical (unpaired) electrons. The summed E-state index contributed by atoms with van der Waals surface area (Å²) in [5.74, 6) is -2.95. The molecular weight excluding hydrogens is 350 g/mol. The van der Waals surface area contributed by atoms with Gasteiger partial charge in [-0.3, -0.25) is 4.79 Å². The molecule has 0 saturated carbocycles. The Labute approximate surface area is 143 Å². The fourth-order valence-corrected chi connectivity index (χ4v) is 3.88. The first kappa shape index (κ1) is 15.6. The van der Waals surface area contributed by atoms with Crippen LogP contribution in [0.1, 0.15) is 10.4 Å². The highest BCUT2D eigenvalue weighted by Gasteiger charge is 2.31. The summed E-state index contributed by atoms with van der Waals surface area (Å²) in [6.45, 7) is 0. The Kier molecular flexibility index (Phi) is 3.33. The SMILES string of the molecule is Nc1ccc(-c2c(F)cc3c(=O)c(C(=O)O)c4n(c3c2F)CS4)cc1. The Morgan fingerprint density at radius 3 is 2.48 bits per heavy atom. The number of nitrogen functional groups attached to an aromatic ring is 1. The van der Waals surface area contributed by atoms with Gasteiger partial charge in [0.25, 0.3) is 0 Å². The number of anilines is 1. The number of nitrogens with zero attached hydrogens (tertiary/aromatic N) is 1. The first-order valence-electron chi connectivity index (χ1n) is 7.20. The molecule has 1 aromatic heterocycles. The highest BCUT2D eigenvalue weighted by Crippen LogP contribution is 2.39. The maximum absolute atomic E-state index is 15.1. The van der Waals surface area contributed by atoms with E-state index in [1.807, 2.05) is 0 Å². The predicted molar refractivity (Wildman–Crippen MR) is 90.8 cm³/mol. The zero-order valence-corrected chi connectivity index (χ0v) is 13.4. The molecule has 0 amide bonds. The molecule has 0 bridgehead atoms. The van der Waals surface area contributed by atoms with Gasteiger partial charge in [-0.2, -0.15) is 0 Å². The smallest absolute Gasteiger partial charge is 0.342 e. The lowest BCUT2D eigenvalue weighted by atomic mass is 10.0. The van der Waals surface area contributed by atoms with Crippen LogP contribution in [0.5, 0.6) is 0 Å². The molecule has 2 heterocycles. The number of pyridine rings is 1. The summed E-state index contributed by atoms with van der Waals surface area (Å²) in [5, 5.41) is 9.13. The van der Waals surface area contributed by atoms with E-state index in [1.165, 1.54) is 28.8 Å². The molecule has 0 atom stereocenters. The third-order valence-electron chi connectivity index (χ3n) is 4.14. The van der Waals surface area contributed by atoms with Gasteiger partial charge in [0.2, 0.25) is 5.43 Å². The van der Waals surface area contributed by atoms with E-state index < -0.39 is 28.6 Å². The average molecular weight is 360 g/mol. The monoisotopic (exact) mass is 360 g/mol. The van der Waals surface area contributed by atoms with Crippen molar-refractivity contribution < 1.29 is 18.7 Å². The van der Waals surface area contributed by atoms with E-state index in [1.54, 1.807) is 0 Å². The Morgan fingerprint density at radius 1 is 1.24 bits per heavy atom. The third-order valence-corrected chi connectivity index (χ3v) is 5.22. The van der Waals surface area contributed by atoms with Gasteiger partial charge in [-0.1, -0.05) is 23.9 Å². The van der Waals surface area contributed by atoms with Gasteiger partial charge in [0.15, 0.2) is 5.82 Å². The van der Waals surface area contributed by atoms with E-state index in [9.17, 15) is 19.1 Å². The molecule has 0 unspecified atom stereocenters. The molecule has 1 aliphatic rings. The standard InChI is InChI=1S/C17H10F2N2O3S/c18-10-5-9-14(13(19)11(10)7-1-3-8(20)4-2-7)21-6-25-16(21)12(15(9)22)17(23)24/h1-5H,6,20H2,(H,23,24). The fraction of sp³-hybridized carbons (Fsp3) is 0.0588. The second-order valence-corrected chi connectivity index (χ2v) is 6.52. The molecule has 5 nitrogen and oxygen atoms in total. The van der Waals surface area contributed by atoms with E-state index in [0.717, 1.165) is 17.8 Å². The van der Waals surface area contributed by atoms with Crippen molar-refractivity contribution in [3.63, 3.8) is 0 Å². The van der Waals surface area contributed by atoms with Crippen LogP contribution in [-0.4, -0.2) is 15.6 Å². The molecule has 3 aromatic rings. The highest BCUT2D eigenvalue weighted by molar-refractivity contribution is 7.99. The molecule has 1 aliphatic heterocycles. The third kappa shape index (κ3) is 2.14. The van der Waals surface area contributed by atoms with Crippen molar-refractivity contribution in [2.45, 2.75) is 10.9 Å². The van der Waals surface area contributed by atoms with E-state index >= 15 is 4.39 Å². The van der Waals surface area contributed by atoms with Crippen molar-refractivity contribution in [2.75, 3.05) is 5.73 Å². The van der Waals surface area contributed by atoms with Crippen LogP contribution in [0, 0.1) is 11.6 Å². The number of hydrogen-bond acceptors (Lipinski definition) is 4. The lowest BCUT2D eigenvalue weighted by Crippen LogP contribution is -2.26. The normalized spacial score (nSPS) is 12.7. The molecule has 25 heavy (non-hydrogen) atoms. The van der Waals surface area contributed by atoms with Crippen LogP contribution in [-0.2, 0) is 5.88 Å². The summed E-state index contributed by atoms with van der Waals surface area (Å²) < 4.78 is 31.1. The van der Waals surface area contributed by atoms with Crippen LogP contribution in [0.15, 0.2) is 40.2 Å². The summed E-state index contributed by atoms with van der Waals surface area (Å²) in [5.41, 5.74) is 4.63. The van der Waals surface area contributed by atoms with Gasteiger partial charge >= 0.3 is 5.97 Å². The van der Waals surface area contributed by atoms with Crippen LogP contribution >= 0.6 is 11.8 Å². The highest BCUT2D eigenvalue weighted by atomic mass is 32.2. The summed E-state index contributed by atoms with van der Waals surface area (Å²) in [7, 11) is 0. The molecule has 3 N–H and O–H groups in total. The quantitative estimate of drug-likeness (QED) is 0.685.